The lowest BCUT2D eigenvalue weighted by atomic mass is 10.1. The van der Waals surface area contributed by atoms with Gasteiger partial charge in [-0.05, 0) is 49.2 Å². The van der Waals surface area contributed by atoms with Gasteiger partial charge in [-0.3, -0.25) is 0 Å². The zero-order chi connectivity index (χ0) is 16.8. The minimum absolute atomic E-state index is 0.842. The molecule has 0 radical (unpaired) electrons. The zero-order valence-corrected chi connectivity index (χ0v) is 14.3. The van der Waals surface area contributed by atoms with Crippen LogP contribution in [0.2, 0.25) is 0 Å². The predicted octanol–water partition coefficient (Wildman–Crippen LogP) is 5.53. The van der Waals surface area contributed by atoms with E-state index in [0.717, 1.165) is 24.5 Å². The molecule has 0 aliphatic carbocycles. The van der Waals surface area contributed by atoms with E-state index in [4.69, 9.17) is 0 Å². The van der Waals surface area contributed by atoms with E-state index in [1.807, 2.05) is 0 Å². The Kier molecular flexibility index (Phi) is 5.17. The molecule has 0 heterocycles. The Hall–Kier alpha value is -2.74. The first-order valence-electron chi connectivity index (χ1n) is 8.38. The van der Waals surface area contributed by atoms with Crippen LogP contribution in [-0.2, 0) is 13.1 Å². The standard InChI is InChI=1S/C22H24N2/c1-17-3-11-21(12-4-17)23-15-19-7-9-20(10-8-19)16-24-22-13-5-18(2)6-14-22/h3-14,23-24H,15-16H2,1-2H3. The molecule has 0 atom stereocenters. The Balaban J connectivity index is 1.51. The third-order valence-electron chi connectivity index (χ3n) is 4.12. The maximum atomic E-state index is 3.46. The first-order chi connectivity index (χ1) is 11.7. The van der Waals surface area contributed by atoms with Gasteiger partial charge in [-0.1, -0.05) is 59.7 Å². The van der Waals surface area contributed by atoms with E-state index < -0.39 is 0 Å². The molecule has 0 saturated heterocycles. The summed E-state index contributed by atoms with van der Waals surface area (Å²) >= 11 is 0. The van der Waals surface area contributed by atoms with Crippen LogP contribution in [0.25, 0.3) is 0 Å². The van der Waals surface area contributed by atoms with Gasteiger partial charge in [-0.25, -0.2) is 0 Å². The molecule has 0 aliphatic heterocycles. The second kappa shape index (κ2) is 7.69. The topological polar surface area (TPSA) is 24.1 Å². The number of hydrogen-bond donors (Lipinski definition) is 2. The van der Waals surface area contributed by atoms with Crippen LogP contribution in [0.5, 0.6) is 0 Å². The SMILES string of the molecule is Cc1ccc(NCc2ccc(CNc3ccc(C)cc3)cc2)cc1. The third kappa shape index (κ3) is 4.63. The average molecular weight is 316 g/mol. The van der Waals surface area contributed by atoms with Crippen LogP contribution < -0.4 is 10.6 Å². The van der Waals surface area contributed by atoms with Crippen LogP contribution in [0.4, 0.5) is 11.4 Å². The van der Waals surface area contributed by atoms with Crippen molar-refractivity contribution in [1.29, 1.82) is 0 Å². The van der Waals surface area contributed by atoms with Crippen molar-refractivity contribution in [2.75, 3.05) is 10.6 Å². The fourth-order valence-corrected chi connectivity index (χ4v) is 2.53. The van der Waals surface area contributed by atoms with Gasteiger partial charge in [-0.2, -0.15) is 0 Å². The molecule has 0 unspecified atom stereocenters. The van der Waals surface area contributed by atoms with Crippen LogP contribution >= 0.6 is 0 Å². The number of rotatable bonds is 6. The van der Waals surface area contributed by atoms with Gasteiger partial charge in [0.1, 0.15) is 0 Å². The van der Waals surface area contributed by atoms with E-state index in [1.165, 1.54) is 22.3 Å². The van der Waals surface area contributed by atoms with E-state index >= 15 is 0 Å². The smallest absolute Gasteiger partial charge is 0.0400 e. The molecule has 3 aromatic rings. The van der Waals surface area contributed by atoms with Crippen LogP contribution in [-0.4, -0.2) is 0 Å². The van der Waals surface area contributed by atoms with E-state index in [9.17, 15) is 0 Å². The Morgan fingerprint density at radius 1 is 0.500 bits per heavy atom. The highest BCUT2D eigenvalue weighted by Crippen LogP contribution is 2.13. The molecule has 122 valence electrons. The van der Waals surface area contributed by atoms with Crippen molar-refractivity contribution in [3.05, 3.63) is 95.1 Å². The van der Waals surface area contributed by atoms with Crippen molar-refractivity contribution in [2.45, 2.75) is 26.9 Å². The maximum absolute atomic E-state index is 3.46. The average Bonchev–Trinajstić information content (AvgIpc) is 2.62. The fraction of sp³-hybridized carbons (Fsp3) is 0.182. The summed E-state index contributed by atoms with van der Waals surface area (Å²) in [7, 11) is 0. The number of benzene rings is 3. The monoisotopic (exact) mass is 316 g/mol. The summed E-state index contributed by atoms with van der Waals surface area (Å²) in [6.45, 7) is 5.89. The first-order valence-corrected chi connectivity index (χ1v) is 8.38. The normalized spacial score (nSPS) is 10.4. The van der Waals surface area contributed by atoms with Gasteiger partial charge in [0, 0.05) is 24.5 Å². The van der Waals surface area contributed by atoms with Crippen LogP contribution in [0.15, 0.2) is 72.8 Å². The summed E-state index contributed by atoms with van der Waals surface area (Å²) in [5.74, 6) is 0. The van der Waals surface area contributed by atoms with E-state index in [1.54, 1.807) is 0 Å². The van der Waals surface area contributed by atoms with E-state index in [-0.39, 0.29) is 0 Å². The van der Waals surface area contributed by atoms with Gasteiger partial charge >= 0.3 is 0 Å². The molecule has 3 aromatic carbocycles. The number of aryl methyl sites for hydroxylation is 2. The van der Waals surface area contributed by atoms with Crippen molar-refractivity contribution >= 4 is 11.4 Å². The fourth-order valence-electron chi connectivity index (χ4n) is 2.53. The molecular formula is C22H24N2. The molecule has 3 rings (SSSR count). The molecular weight excluding hydrogens is 292 g/mol. The van der Waals surface area contributed by atoms with Crippen molar-refractivity contribution in [1.82, 2.24) is 0 Å². The van der Waals surface area contributed by atoms with Crippen LogP contribution in [0.1, 0.15) is 22.3 Å². The summed E-state index contributed by atoms with van der Waals surface area (Å²) in [6.07, 6.45) is 0. The zero-order valence-electron chi connectivity index (χ0n) is 14.3. The van der Waals surface area contributed by atoms with Gasteiger partial charge in [0.05, 0.1) is 0 Å². The van der Waals surface area contributed by atoms with Crippen LogP contribution in [0.3, 0.4) is 0 Å². The lowest BCUT2D eigenvalue weighted by Crippen LogP contribution is -2.01. The van der Waals surface area contributed by atoms with Gasteiger partial charge in [-0.15, -0.1) is 0 Å². The molecule has 2 nitrogen and oxygen atoms in total. The molecule has 0 aliphatic rings. The van der Waals surface area contributed by atoms with Gasteiger partial charge in [0.2, 0.25) is 0 Å². The van der Waals surface area contributed by atoms with Crippen molar-refractivity contribution in [3.8, 4) is 0 Å². The Bertz CT molecular complexity index is 688. The first kappa shape index (κ1) is 16.1. The third-order valence-corrected chi connectivity index (χ3v) is 4.12. The minimum Gasteiger partial charge on any atom is -0.381 e. The minimum atomic E-state index is 0.842. The van der Waals surface area contributed by atoms with Crippen molar-refractivity contribution in [3.63, 3.8) is 0 Å². The van der Waals surface area contributed by atoms with Crippen molar-refractivity contribution in [2.24, 2.45) is 0 Å². The summed E-state index contributed by atoms with van der Waals surface area (Å²) in [5, 5.41) is 6.91. The Morgan fingerprint density at radius 3 is 1.17 bits per heavy atom. The summed E-state index contributed by atoms with van der Waals surface area (Å²) in [5.41, 5.74) is 7.46. The molecule has 0 amide bonds. The number of nitrogens with one attached hydrogen (secondary N) is 2. The second-order valence-electron chi connectivity index (χ2n) is 6.26. The molecule has 0 bridgehead atoms. The molecule has 0 spiro atoms. The molecule has 0 saturated carbocycles. The van der Waals surface area contributed by atoms with Crippen LogP contribution in [0, 0.1) is 13.8 Å². The summed E-state index contributed by atoms with van der Waals surface area (Å²) in [6, 6.07) is 25.7. The molecule has 24 heavy (non-hydrogen) atoms. The number of anilines is 2. The highest BCUT2D eigenvalue weighted by atomic mass is 14.9. The highest BCUT2D eigenvalue weighted by Gasteiger charge is 1.97. The Labute approximate surface area is 144 Å². The van der Waals surface area contributed by atoms with Crippen molar-refractivity contribution < 1.29 is 0 Å². The van der Waals surface area contributed by atoms with E-state index in [0.29, 0.717) is 0 Å². The van der Waals surface area contributed by atoms with Gasteiger partial charge in [0.25, 0.3) is 0 Å². The summed E-state index contributed by atoms with van der Waals surface area (Å²) < 4.78 is 0. The Morgan fingerprint density at radius 2 is 0.833 bits per heavy atom. The lowest BCUT2D eigenvalue weighted by molar-refractivity contribution is 1.11. The van der Waals surface area contributed by atoms with Gasteiger partial charge < -0.3 is 10.6 Å². The molecule has 2 N–H and O–H groups in total. The quantitative estimate of drug-likeness (QED) is 0.625. The number of hydrogen-bond acceptors (Lipinski definition) is 2. The largest absolute Gasteiger partial charge is 0.381 e. The van der Waals surface area contributed by atoms with Gasteiger partial charge in [0.15, 0.2) is 0 Å². The predicted molar refractivity (Wildman–Crippen MR) is 103 cm³/mol. The molecule has 0 fully saturated rings. The molecule has 0 aromatic heterocycles. The van der Waals surface area contributed by atoms with E-state index in [2.05, 4.69) is 97.3 Å². The molecule has 2 heteroatoms. The summed E-state index contributed by atoms with van der Waals surface area (Å²) in [4.78, 5) is 0. The lowest BCUT2D eigenvalue weighted by Gasteiger charge is -2.09. The maximum Gasteiger partial charge on any atom is 0.0400 e. The highest BCUT2D eigenvalue weighted by molar-refractivity contribution is 5.46. The second-order valence-corrected chi connectivity index (χ2v) is 6.26.